The minimum absolute atomic E-state index is 0.0346. The molecule has 0 bridgehead atoms. The summed E-state index contributed by atoms with van der Waals surface area (Å²) in [6.07, 6.45) is 2.48. The summed E-state index contributed by atoms with van der Waals surface area (Å²) in [5.74, 6) is 1.48. The Labute approximate surface area is 236 Å². The second kappa shape index (κ2) is 8.82. The number of allylic oxidation sites excluding steroid dienone is 2. The molecule has 40 heavy (non-hydrogen) atoms. The van der Waals surface area contributed by atoms with Gasteiger partial charge in [-0.2, -0.15) is 0 Å². The first-order valence-corrected chi connectivity index (χ1v) is 14.6. The van der Waals surface area contributed by atoms with E-state index in [0.717, 1.165) is 53.2 Å². The Morgan fingerprint density at radius 1 is 0.950 bits per heavy atom. The SMILES string of the molecule is C[C@H]1CC(C)(C)N(Cc2ccccc2)c2ccc([C@@H]3C4=C(CC(C)(C)CC4=O)Nc4nc5ccccc5n43)cc21. The fourth-order valence-electron chi connectivity index (χ4n) is 7.48. The van der Waals surface area contributed by atoms with Gasteiger partial charge in [0.1, 0.15) is 0 Å². The number of Topliss-reactive ketones (excluding diaryl/α,β-unsaturated/α-hetero) is 1. The molecule has 1 aromatic heterocycles. The highest BCUT2D eigenvalue weighted by molar-refractivity contribution is 6.01. The van der Waals surface area contributed by atoms with Crippen molar-refractivity contribution in [2.75, 3.05) is 10.2 Å². The predicted molar refractivity (Wildman–Crippen MR) is 163 cm³/mol. The summed E-state index contributed by atoms with van der Waals surface area (Å²) in [6.45, 7) is 12.3. The normalized spacial score (nSPS) is 22.9. The second-order valence-corrected chi connectivity index (χ2v) is 13.5. The van der Waals surface area contributed by atoms with Crippen LogP contribution in [0.15, 0.2) is 84.1 Å². The number of ketones is 1. The molecule has 0 saturated carbocycles. The van der Waals surface area contributed by atoms with Crippen LogP contribution in [0.4, 0.5) is 11.6 Å². The van der Waals surface area contributed by atoms with Gasteiger partial charge in [0.05, 0.1) is 17.1 Å². The lowest BCUT2D eigenvalue weighted by molar-refractivity contribution is -0.118. The summed E-state index contributed by atoms with van der Waals surface area (Å²) < 4.78 is 2.26. The van der Waals surface area contributed by atoms with Gasteiger partial charge < -0.3 is 10.2 Å². The topological polar surface area (TPSA) is 50.2 Å². The van der Waals surface area contributed by atoms with Crippen LogP contribution in [0, 0.1) is 5.41 Å². The number of nitrogens with zero attached hydrogens (tertiary/aromatic N) is 3. The third-order valence-electron chi connectivity index (χ3n) is 9.22. The molecule has 2 atom stereocenters. The molecule has 0 radical (unpaired) electrons. The summed E-state index contributed by atoms with van der Waals surface area (Å²) in [6, 6.07) is 25.8. The minimum atomic E-state index is -0.197. The summed E-state index contributed by atoms with van der Waals surface area (Å²) in [7, 11) is 0. The lowest BCUT2D eigenvalue weighted by Gasteiger charge is -2.48. The number of carbonyl (C=O) groups is 1. The monoisotopic (exact) mass is 530 g/mol. The van der Waals surface area contributed by atoms with E-state index >= 15 is 0 Å². The average molecular weight is 531 g/mol. The van der Waals surface area contributed by atoms with Crippen LogP contribution in [-0.2, 0) is 11.3 Å². The van der Waals surface area contributed by atoms with Crippen LogP contribution < -0.4 is 10.2 Å². The van der Waals surface area contributed by atoms with E-state index in [2.05, 4.69) is 116 Å². The molecule has 3 heterocycles. The Balaban J connectivity index is 1.40. The molecule has 0 fully saturated rings. The molecular formula is C35H38N4O. The van der Waals surface area contributed by atoms with Crippen LogP contribution in [0.3, 0.4) is 0 Å². The highest BCUT2D eigenvalue weighted by Gasteiger charge is 2.43. The quantitative estimate of drug-likeness (QED) is 0.292. The van der Waals surface area contributed by atoms with Gasteiger partial charge in [-0.3, -0.25) is 9.36 Å². The Morgan fingerprint density at radius 3 is 2.50 bits per heavy atom. The van der Waals surface area contributed by atoms with Crippen LogP contribution in [-0.4, -0.2) is 20.9 Å². The second-order valence-electron chi connectivity index (χ2n) is 13.5. The Hall–Kier alpha value is -3.86. The molecule has 1 aliphatic carbocycles. The van der Waals surface area contributed by atoms with E-state index in [0.29, 0.717) is 12.3 Å². The van der Waals surface area contributed by atoms with Crippen molar-refractivity contribution in [3.8, 4) is 0 Å². The number of aromatic nitrogens is 2. The van der Waals surface area contributed by atoms with Gasteiger partial charge in [-0.05, 0) is 72.9 Å². The maximum atomic E-state index is 13.8. The molecule has 0 spiro atoms. The number of nitrogens with one attached hydrogen (secondary N) is 1. The van der Waals surface area contributed by atoms with Gasteiger partial charge in [-0.1, -0.05) is 75.4 Å². The first-order chi connectivity index (χ1) is 19.1. The zero-order valence-corrected chi connectivity index (χ0v) is 24.2. The standard InChI is InChI=1S/C35H38N4O/c1-22-18-35(4,5)38(21-23-11-7-6-8-12-23)28-16-15-24(17-25(22)28)32-31-27(19-34(2,3)20-30(31)40)37-33-36-26-13-9-10-14-29(26)39(32)33/h6-17,22,32H,18-21H2,1-5H3,(H,36,37)/t22-,32+/m0/s1. The molecular weight excluding hydrogens is 492 g/mol. The first-order valence-electron chi connectivity index (χ1n) is 14.6. The van der Waals surface area contributed by atoms with Gasteiger partial charge in [0.2, 0.25) is 5.95 Å². The smallest absolute Gasteiger partial charge is 0.209 e. The van der Waals surface area contributed by atoms with Crippen molar-refractivity contribution in [2.24, 2.45) is 5.41 Å². The number of carbonyl (C=O) groups excluding carboxylic acids is 1. The summed E-state index contributed by atoms with van der Waals surface area (Å²) in [5.41, 5.74) is 9.04. The van der Waals surface area contributed by atoms with Gasteiger partial charge >= 0.3 is 0 Å². The van der Waals surface area contributed by atoms with Crippen LogP contribution in [0.5, 0.6) is 0 Å². The molecule has 0 saturated heterocycles. The summed E-state index contributed by atoms with van der Waals surface area (Å²) in [4.78, 5) is 21.4. The van der Waals surface area contributed by atoms with Crippen molar-refractivity contribution in [3.63, 3.8) is 0 Å². The highest BCUT2D eigenvalue weighted by atomic mass is 16.1. The third kappa shape index (κ3) is 3.97. The zero-order chi connectivity index (χ0) is 27.8. The maximum Gasteiger partial charge on any atom is 0.209 e. The fraction of sp³-hybridized carbons (Fsp3) is 0.371. The summed E-state index contributed by atoms with van der Waals surface area (Å²) >= 11 is 0. The number of rotatable bonds is 3. The minimum Gasteiger partial charge on any atom is -0.362 e. The van der Waals surface area contributed by atoms with E-state index in [1.54, 1.807) is 0 Å². The van der Waals surface area contributed by atoms with Crippen molar-refractivity contribution in [1.29, 1.82) is 0 Å². The van der Waals surface area contributed by atoms with E-state index in [-0.39, 0.29) is 22.8 Å². The maximum absolute atomic E-state index is 13.8. The van der Waals surface area contributed by atoms with Gasteiger partial charge in [0.15, 0.2) is 5.78 Å². The van der Waals surface area contributed by atoms with E-state index in [9.17, 15) is 4.79 Å². The zero-order valence-electron chi connectivity index (χ0n) is 24.2. The van der Waals surface area contributed by atoms with Crippen molar-refractivity contribution in [2.45, 2.75) is 77.9 Å². The number of para-hydroxylation sites is 2. The van der Waals surface area contributed by atoms with E-state index < -0.39 is 0 Å². The number of imidazole rings is 1. The molecule has 5 heteroatoms. The fourth-order valence-corrected chi connectivity index (χ4v) is 7.48. The number of hydrogen-bond donors (Lipinski definition) is 1. The molecule has 2 aliphatic heterocycles. The van der Waals surface area contributed by atoms with E-state index in [4.69, 9.17) is 4.98 Å². The van der Waals surface area contributed by atoms with E-state index in [1.807, 2.05) is 6.07 Å². The van der Waals surface area contributed by atoms with Crippen molar-refractivity contribution < 1.29 is 4.79 Å². The van der Waals surface area contributed by atoms with Crippen LogP contribution in [0.1, 0.15) is 82.5 Å². The largest absolute Gasteiger partial charge is 0.362 e. The Morgan fingerprint density at radius 2 is 1.70 bits per heavy atom. The molecule has 7 rings (SSSR count). The molecule has 3 aliphatic rings. The van der Waals surface area contributed by atoms with Gasteiger partial charge in [-0.25, -0.2) is 4.98 Å². The number of fused-ring (bicyclic) bond motifs is 4. The molecule has 0 unspecified atom stereocenters. The van der Waals surface area contributed by atoms with Crippen molar-refractivity contribution in [3.05, 3.63) is 101 Å². The van der Waals surface area contributed by atoms with Crippen LogP contribution in [0.2, 0.25) is 0 Å². The van der Waals surface area contributed by atoms with Crippen LogP contribution >= 0.6 is 0 Å². The van der Waals surface area contributed by atoms with Crippen LogP contribution in [0.25, 0.3) is 11.0 Å². The molecule has 204 valence electrons. The summed E-state index contributed by atoms with van der Waals surface area (Å²) in [5, 5.41) is 3.59. The molecule has 0 amide bonds. The van der Waals surface area contributed by atoms with Gasteiger partial charge in [0, 0.05) is 35.5 Å². The van der Waals surface area contributed by atoms with Gasteiger partial charge in [0.25, 0.3) is 0 Å². The molecule has 5 nitrogen and oxygen atoms in total. The van der Waals surface area contributed by atoms with Gasteiger partial charge in [-0.15, -0.1) is 0 Å². The third-order valence-corrected chi connectivity index (χ3v) is 9.22. The number of benzene rings is 3. The molecule has 1 N–H and O–H groups in total. The molecule has 4 aromatic rings. The van der Waals surface area contributed by atoms with E-state index in [1.165, 1.54) is 16.8 Å². The highest BCUT2D eigenvalue weighted by Crippen LogP contribution is 2.50. The Kier molecular flexibility index (Phi) is 5.54. The first kappa shape index (κ1) is 25.1. The lowest BCUT2D eigenvalue weighted by atomic mass is 9.72. The lowest BCUT2D eigenvalue weighted by Crippen LogP contribution is -2.47. The predicted octanol–water partition coefficient (Wildman–Crippen LogP) is 7.99. The van der Waals surface area contributed by atoms with Crippen molar-refractivity contribution in [1.82, 2.24) is 9.55 Å². The Bertz CT molecular complexity index is 1680. The number of hydrogen-bond acceptors (Lipinski definition) is 4. The number of anilines is 2. The average Bonchev–Trinajstić information content (AvgIpc) is 3.27. The molecule has 3 aromatic carbocycles. The van der Waals surface area contributed by atoms with Crippen molar-refractivity contribution >= 4 is 28.5 Å².